The van der Waals surface area contributed by atoms with Gasteiger partial charge in [0.05, 0.1) is 16.9 Å². The number of rotatable bonds is 2. The van der Waals surface area contributed by atoms with Crippen molar-refractivity contribution >= 4 is 17.5 Å². The minimum atomic E-state index is 0.539. The Morgan fingerprint density at radius 2 is 2.14 bits per heavy atom. The van der Waals surface area contributed by atoms with E-state index < -0.39 is 0 Å². The zero-order valence-corrected chi connectivity index (χ0v) is 11.3. The first-order valence-electron chi connectivity index (χ1n) is 6.83. The topological polar surface area (TPSA) is 68.5 Å². The standard InChI is InChI=1S/C16H15N3O2/c17-13-4-6-15(12-2-1-7-20-16(12)13)21-11-3-5-14-10(8-11)9-18-19-14/h1-6,8,18-19H,7,9,17H2. The fourth-order valence-corrected chi connectivity index (χ4v) is 2.57. The Hall–Kier alpha value is -2.66. The number of fused-ring (bicyclic) bond motifs is 2. The van der Waals surface area contributed by atoms with Crippen molar-refractivity contribution in [2.45, 2.75) is 6.54 Å². The van der Waals surface area contributed by atoms with E-state index in [4.69, 9.17) is 15.2 Å². The molecule has 4 N–H and O–H groups in total. The van der Waals surface area contributed by atoms with Gasteiger partial charge in [0.2, 0.25) is 0 Å². The molecule has 2 heterocycles. The molecule has 2 aromatic rings. The summed E-state index contributed by atoms with van der Waals surface area (Å²) in [7, 11) is 0. The molecule has 21 heavy (non-hydrogen) atoms. The molecule has 0 atom stereocenters. The van der Waals surface area contributed by atoms with Gasteiger partial charge in [-0.25, -0.2) is 5.43 Å². The van der Waals surface area contributed by atoms with Crippen molar-refractivity contribution in [3.63, 3.8) is 0 Å². The summed E-state index contributed by atoms with van der Waals surface area (Å²) in [4.78, 5) is 0. The third-order valence-electron chi connectivity index (χ3n) is 3.60. The minimum Gasteiger partial charge on any atom is -0.487 e. The molecule has 0 unspecified atom stereocenters. The van der Waals surface area contributed by atoms with Crippen LogP contribution in [0, 0.1) is 0 Å². The molecular formula is C16H15N3O2. The van der Waals surface area contributed by atoms with Gasteiger partial charge in [0.15, 0.2) is 5.75 Å². The Kier molecular flexibility index (Phi) is 2.72. The summed E-state index contributed by atoms with van der Waals surface area (Å²) < 4.78 is 11.6. The molecule has 0 saturated carbocycles. The molecule has 2 aromatic carbocycles. The molecule has 2 aliphatic heterocycles. The molecule has 5 nitrogen and oxygen atoms in total. The lowest BCUT2D eigenvalue weighted by atomic mass is 10.1. The first kappa shape index (κ1) is 12.1. The summed E-state index contributed by atoms with van der Waals surface area (Å²) in [6.45, 7) is 1.33. The quantitative estimate of drug-likeness (QED) is 0.738. The second-order valence-electron chi connectivity index (χ2n) is 5.01. The van der Waals surface area contributed by atoms with Gasteiger partial charge < -0.3 is 20.6 Å². The fraction of sp³-hybridized carbons (Fsp3) is 0.125. The first-order chi connectivity index (χ1) is 10.3. The Labute approximate surface area is 122 Å². The van der Waals surface area contributed by atoms with E-state index >= 15 is 0 Å². The van der Waals surface area contributed by atoms with E-state index in [1.54, 1.807) is 0 Å². The van der Waals surface area contributed by atoms with Crippen molar-refractivity contribution < 1.29 is 9.47 Å². The van der Waals surface area contributed by atoms with Gasteiger partial charge in [0.1, 0.15) is 18.1 Å². The summed E-state index contributed by atoms with van der Waals surface area (Å²) in [5.74, 6) is 2.23. The van der Waals surface area contributed by atoms with Crippen molar-refractivity contribution in [1.29, 1.82) is 0 Å². The Morgan fingerprint density at radius 3 is 3.10 bits per heavy atom. The summed E-state index contributed by atoms with van der Waals surface area (Å²) in [5, 5.41) is 0. The van der Waals surface area contributed by atoms with Gasteiger partial charge in [0, 0.05) is 6.54 Å². The van der Waals surface area contributed by atoms with E-state index in [0.29, 0.717) is 18.0 Å². The Bertz CT molecular complexity index is 741. The van der Waals surface area contributed by atoms with Gasteiger partial charge >= 0.3 is 0 Å². The normalized spacial score (nSPS) is 14.9. The van der Waals surface area contributed by atoms with Crippen LogP contribution in [0.1, 0.15) is 11.1 Å². The van der Waals surface area contributed by atoms with Crippen LogP contribution in [-0.4, -0.2) is 6.61 Å². The van der Waals surface area contributed by atoms with Crippen LogP contribution in [0.3, 0.4) is 0 Å². The zero-order valence-electron chi connectivity index (χ0n) is 11.3. The van der Waals surface area contributed by atoms with Crippen molar-refractivity contribution in [2.24, 2.45) is 0 Å². The van der Waals surface area contributed by atoms with Gasteiger partial charge in [-0.1, -0.05) is 0 Å². The van der Waals surface area contributed by atoms with E-state index in [2.05, 4.69) is 10.9 Å². The molecule has 0 aromatic heterocycles. The van der Waals surface area contributed by atoms with Crippen LogP contribution >= 0.6 is 0 Å². The minimum absolute atomic E-state index is 0.539. The average molecular weight is 281 g/mol. The predicted octanol–water partition coefficient (Wildman–Crippen LogP) is 2.90. The molecule has 0 aliphatic carbocycles. The van der Waals surface area contributed by atoms with E-state index in [-0.39, 0.29) is 0 Å². The zero-order chi connectivity index (χ0) is 14.2. The van der Waals surface area contributed by atoms with Crippen LogP contribution in [0.25, 0.3) is 6.08 Å². The number of hydrogen-bond acceptors (Lipinski definition) is 5. The summed E-state index contributed by atoms with van der Waals surface area (Å²) >= 11 is 0. The van der Waals surface area contributed by atoms with E-state index in [0.717, 1.165) is 29.3 Å². The highest BCUT2D eigenvalue weighted by Gasteiger charge is 2.16. The number of nitrogen functional groups attached to an aromatic ring is 1. The summed E-state index contributed by atoms with van der Waals surface area (Å²) in [5.41, 5.74) is 15.9. The highest BCUT2D eigenvalue weighted by Crippen LogP contribution is 2.39. The lowest BCUT2D eigenvalue weighted by molar-refractivity contribution is 0.357. The van der Waals surface area contributed by atoms with E-state index in [1.807, 2.05) is 42.5 Å². The highest BCUT2D eigenvalue weighted by atomic mass is 16.5. The molecule has 0 amide bonds. The number of anilines is 2. The second-order valence-corrected chi connectivity index (χ2v) is 5.01. The average Bonchev–Trinajstić information content (AvgIpc) is 2.98. The monoisotopic (exact) mass is 281 g/mol. The predicted molar refractivity (Wildman–Crippen MR) is 82.4 cm³/mol. The molecule has 0 fully saturated rings. The van der Waals surface area contributed by atoms with Crippen molar-refractivity contribution in [2.75, 3.05) is 17.8 Å². The van der Waals surface area contributed by atoms with Crippen LogP contribution in [0.2, 0.25) is 0 Å². The maximum absolute atomic E-state index is 6.01. The van der Waals surface area contributed by atoms with Crippen LogP contribution < -0.4 is 26.1 Å². The number of hydrogen-bond donors (Lipinski definition) is 3. The highest BCUT2D eigenvalue weighted by molar-refractivity contribution is 5.74. The van der Waals surface area contributed by atoms with Crippen LogP contribution in [-0.2, 0) is 6.54 Å². The molecule has 4 rings (SSSR count). The van der Waals surface area contributed by atoms with Crippen LogP contribution in [0.15, 0.2) is 36.4 Å². The molecule has 0 bridgehead atoms. The van der Waals surface area contributed by atoms with Crippen LogP contribution in [0.5, 0.6) is 17.2 Å². The molecule has 0 radical (unpaired) electrons. The molecule has 5 heteroatoms. The Morgan fingerprint density at radius 1 is 1.19 bits per heavy atom. The van der Waals surface area contributed by atoms with Gasteiger partial charge in [-0.3, -0.25) is 0 Å². The SMILES string of the molecule is Nc1ccc(Oc2ccc3c(c2)CNN3)c2c1OCC=C2. The first-order valence-corrected chi connectivity index (χ1v) is 6.83. The van der Waals surface area contributed by atoms with Crippen molar-refractivity contribution in [3.05, 3.63) is 47.5 Å². The van der Waals surface area contributed by atoms with Crippen molar-refractivity contribution in [1.82, 2.24) is 5.43 Å². The van der Waals surface area contributed by atoms with Crippen molar-refractivity contribution in [3.8, 4) is 17.2 Å². The van der Waals surface area contributed by atoms with Gasteiger partial charge in [-0.05, 0) is 48.0 Å². The number of ether oxygens (including phenoxy) is 2. The maximum Gasteiger partial charge on any atom is 0.153 e. The van der Waals surface area contributed by atoms with Crippen LogP contribution in [0.4, 0.5) is 11.4 Å². The van der Waals surface area contributed by atoms with Gasteiger partial charge in [0.25, 0.3) is 0 Å². The third kappa shape index (κ3) is 2.08. The lowest BCUT2D eigenvalue weighted by Gasteiger charge is -2.18. The maximum atomic E-state index is 6.01. The van der Waals surface area contributed by atoms with Gasteiger partial charge in [-0.15, -0.1) is 0 Å². The molecule has 106 valence electrons. The smallest absolute Gasteiger partial charge is 0.153 e. The number of nitrogens with one attached hydrogen (secondary N) is 2. The van der Waals surface area contributed by atoms with Gasteiger partial charge in [-0.2, -0.15) is 0 Å². The molecule has 0 spiro atoms. The number of nitrogens with two attached hydrogens (primary N) is 1. The molecular weight excluding hydrogens is 266 g/mol. The summed E-state index contributed by atoms with van der Waals surface area (Å²) in [6, 6.07) is 9.65. The van der Waals surface area contributed by atoms with E-state index in [9.17, 15) is 0 Å². The van der Waals surface area contributed by atoms with E-state index in [1.165, 1.54) is 5.56 Å². The number of benzene rings is 2. The lowest BCUT2D eigenvalue weighted by Crippen LogP contribution is -2.10. The largest absolute Gasteiger partial charge is 0.487 e. The Balaban J connectivity index is 1.71. The molecule has 0 saturated heterocycles. The molecule has 2 aliphatic rings. The summed E-state index contributed by atoms with van der Waals surface area (Å²) in [6.07, 6.45) is 3.94. The number of hydrazine groups is 1. The second kappa shape index (κ2) is 4.71. The fourth-order valence-electron chi connectivity index (χ4n) is 2.57. The third-order valence-corrected chi connectivity index (χ3v) is 3.60.